The molecule has 7 nitrogen and oxygen atoms in total. The topological polar surface area (TPSA) is 84.3 Å². The normalized spacial score (nSPS) is 11.7. The Balaban J connectivity index is 2.03. The molecule has 0 fully saturated rings. The molecule has 0 spiro atoms. The molecular weight excluding hydrogens is 340 g/mol. The van der Waals surface area contributed by atoms with Gasteiger partial charge in [-0.15, -0.1) is 0 Å². The van der Waals surface area contributed by atoms with Gasteiger partial charge in [0.1, 0.15) is 5.69 Å². The number of nitrogens with one attached hydrogen (secondary N) is 1. The predicted molar refractivity (Wildman–Crippen MR) is 95.7 cm³/mol. The van der Waals surface area contributed by atoms with E-state index in [1.54, 1.807) is 42.1 Å². The molecule has 0 radical (unpaired) electrons. The highest BCUT2D eigenvalue weighted by molar-refractivity contribution is 7.89. The average Bonchev–Trinajstić information content (AvgIpc) is 2.94. The molecule has 0 atom stereocenters. The Kier molecular flexibility index (Phi) is 5.97. The zero-order valence-corrected chi connectivity index (χ0v) is 15.8. The molecule has 25 heavy (non-hydrogen) atoms. The van der Waals surface area contributed by atoms with E-state index < -0.39 is 10.0 Å². The summed E-state index contributed by atoms with van der Waals surface area (Å²) in [5.41, 5.74) is 2.23. The number of carbonyl (C=O) groups is 1. The molecule has 1 N–H and O–H groups in total. The second-order valence-electron chi connectivity index (χ2n) is 6.01. The van der Waals surface area contributed by atoms with Gasteiger partial charge in [-0.05, 0) is 30.2 Å². The van der Waals surface area contributed by atoms with Crippen LogP contribution < -0.4 is 5.32 Å². The number of nitrogens with zero attached hydrogens (tertiary/aromatic N) is 3. The van der Waals surface area contributed by atoms with Crippen LogP contribution in [-0.2, 0) is 30.0 Å². The van der Waals surface area contributed by atoms with Crippen LogP contribution in [0.4, 0.5) is 0 Å². The Hall–Kier alpha value is -2.19. The zero-order chi connectivity index (χ0) is 18.6. The van der Waals surface area contributed by atoms with Crippen LogP contribution in [0.25, 0.3) is 0 Å². The lowest BCUT2D eigenvalue weighted by Gasteiger charge is -2.12. The van der Waals surface area contributed by atoms with Gasteiger partial charge in [0.25, 0.3) is 5.91 Å². The van der Waals surface area contributed by atoms with Crippen LogP contribution in [0.1, 0.15) is 35.1 Å². The number of hydrogen-bond donors (Lipinski definition) is 1. The fourth-order valence-electron chi connectivity index (χ4n) is 2.38. The van der Waals surface area contributed by atoms with E-state index in [0.717, 1.165) is 24.1 Å². The summed E-state index contributed by atoms with van der Waals surface area (Å²) < 4.78 is 26.8. The minimum absolute atomic E-state index is 0.206. The molecule has 0 aliphatic heterocycles. The maximum absolute atomic E-state index is 12.3. The van der Waals surface area contributed by atoms with Crippen LogP contribution in [-0.4, -0.2) is 42.5 Å². The third-order valence-corrected chi connectivity index (χ3v) is 5.65. The summed E-state index contributed by atoms with van der Waals surface area (Å²) in [6.45, 7) is 2.38. The van der Waals surface area contributed by atoms with Crippen molar-refractivity contribution in [3.8, 4) is 0 Å². The average molecular weight is 364 g/mol. The monoisotopic (exact) mass is 364 g/mol. The van der Waals surface area contributed by atoms with Crippen molar-refractivity contribution >= 4 is 15.9 Å². The van der Waals surface area contributed by atoms with E-state index in [9.17, 15) is 13.2 Å². The number of aromatic nitrogens is 2. The molecule has 2 aromatic rings. The van der Waals surface area contributed by atoms with Gasteiger partial charge < -0.3 is 5.32 Å². The molecule has 0 aliphatic rings. The van der Waals surface area contributed by atoms with Crippen molar-refractivity contribution in [1.29, 1.82) is 0 Å². The van der Waals surface area contributed by atoms with Gasteiger partial charge in [0.2, 0.25) is 10.0 Å². The molecule has 0 aliphatic carbocycles. The minimum atomic E-state index is -3.44. The summed E-state index contributed by atoms with van der Waals surface area (Å²) in [7, 11) is 1.28. The van der Waals surface area contributed by atoms with Crippen molar-refractivity contribution < 1.29 is 13.2 Å². The van der Waals surface area contributed by atoms with Crippen LogP contribution in [0.2, 0.25) is 0 Å². The molecule has 1 amide bonds. The highest BCUT2D eigenvalue weighted by Crippen LogP contribution is 2.14. The van der Waals surface area contributed by atoms with Gasteiger partial charge in [0.15, 0.2) is 0 Å². The van der Waals surface area contributed by atoms with Crippen molar-refractivity contribution in [2.24, 2.45) is 7.05 Å². The third-order valence-electron chi connectivity index (χ3n) is 3.82. The van der Waals surface area contributed by atoms with Crippen molar-refractivity contribution in [3.05, 3.63) is 47.3 Å². The zero-order valence-electron chi connectivity index (χ0n) is 15.0. The van der Waals surface area contributed by atoms with Gasteiger partial charge in [-0.25, -0.2) is 12.7 Å². The lowest BCUT2D eigenvalue weighted by molar-refractivity contribution is 0.0941. The molecule has 0 bridgehead atoms. The number of amides is 1. The first-order chi connectivity index (χ1) is 11.8. The number of aryl methyl sites for hydroxylation is 2. The minimum Gasteiger partial charge on any atom is -0.347 e. The van der Waals surface area contributed by atoms with Crippen molar-refractivity contribution in [1.82, 2.24) is 19.4 Å². The number of sulfonamides is 1. The fourth-order valence-corrected chi connectivity index (χ4v) is 3.28. The molecule has 0 saturated heterocycles. The van der Waals surface area contributed by atoms with Crippen LogP contribution >= 0.6 is 0 Å². The highest BCUT2D eigenvalue weighted by atomic mass is 32.2. The largest absolute Gasteiger partial charge is 0.347 e. The number of rotatable bonds is 7. The van der Waals surface area contributed by atoms with Gasteiger partial charge in [-0.3, -0.25) is 9.48 Å². The summed E-state index contributed by atoms with van der Waals surface area (Å²) in [5, 5.41) is 7.15. The first-order valence-corrected chi connectivity index (χ1v) is 9.52. The smallest absolute Gasteiger partial charge is 0.269 e. The first-order valence-electron chi connectivity index (χ1n) is 8.08. The Labute approximate surface area is 148 Å². The first kappa shape index (κ1) is 19.1. The van der Waals surface area contributed by atoms with Crippen LogP contribution in [0.5, 0.6) is 0 Å². The molecule has 1 aromatic heterocycles. The molecule has 136 valence electrons. The van der Waals surface area contributed by atoms with Crippen LogP contribution in [0.3, 0.4) is 0 Å². The van der Waals surface area contributed by atoms with E-state index >= 15 is 0 Å². The van der Waals surface area contributed by atoms with E-state index in [4.69, 9.17) is 0 Å². The van der Waals surface area contributed by atoms with Gasteiger partial charge >= 0.3 is 0 Å². The standard InChI is InChI=1S/C17H24N4O3S/c1-5-6-14-11-16(21(4)19-14)17(22)18-12-13-7-9-15(10-8-13)25(23,24)20(2)3/h7-11H,5-6,12H2,1-4H3,(H,18,22). The van der Waals surface area contributed by atoms with Gasteiger partial charge in [0.05, 0.1) is 10.6 Å². The van der Waals surface area contributed by atoms with E-state index in [0.29, 0.717) is 12.2 Å². The van der Waals surface area contributed by atoms with E-state index in [2.05, 4.69) is 17.3 Å². The molecular formula is C17H24N4O3S. The van der Waals surface area contributed by atoms with E-state index in [-0.39, 0.29) is 10.8 Å². The van der Waals surface area contributed by atoms with Crippen LogP contribution in [0, 0.1) is 0 Å². The molecule has 8 heteroatoms. The summed E-state index contributed by atoms with van der Waals surface area (Å²) in [6, 6.07) is 8.27. The molecule has 0 saturated carbocycles. The molecule has 1 aromatic carbocycles. The Bertz CT molecular complexity index is 839. The number of hydrogen-bond acceptors (Lipinski definition) is 4. The summed E-state index contributed by atoms with van der Waals surface area (Å²) in [4.78, 5) is 12.5. The molecule has 0 unspecified atom stereocenters. The lowest BCUT2D eigenvalue weighted by Crippen LogP contribution is -2.25. The Morgan fingerprint density at radius 1 is 1.24 bits per heavy atom. The predicted octanol–water partition coefficient (Wildman–Crippen LogP) is 1.55. The molecule has 2 rings (SSSR count). The molecule has 1 heterocycles. The third kappa shape index (κ3) is 4.46. The SMILES string of the molecule is CCCc1cc(C(=O)NCc2ccc(S(=O)(=O)N(C)C)cc2)n(C)n1. The fraction of sp³-hybridized carbons (Fsp3) is 0.412. The summed E-state index contributed by atoms with van der Waals surface area (Å²) >= 11 is 0. The van der Waals surface area contributed by atoms with Gasteiger partial charge in [-0.2, -0.15) is 5.10 Å². The second kappa shape index (κ2) is 7.79. The lowest BCUT2D eigenvalue weighted by atomic mass is 10.2. The van der Waals surface area contributed by atoms with Gasteiger partial charge in [-0.1, -0.05) is 25.5 Å². The second-order valence-corrected chi connectivity index (χ2v) is 8.16. The van der Waals surface area contributed by atoms with E-state index in [1.165, 1.54) is 18.4 Å². The number of carbonyl (C=O) groups excluding carboxylic acids is 1. The summed E-state index contributed by atoms with van der Waals surface area (Å²) in [6.07, 6.45) is 1.81. The van der Waals surface area contributed by atoms with Crippen LogP contribution in [0.15, 0.2) is 35.2 Å². The van der Waals surface area contributed by atoms with E-state index in [1.807, 2.05) is 0 Å². The summed E-state index contributed by atoms with van der Waals surface area (Å²) in [5.74, 6) is -0.206. The Morgan fingerprint density at radius 2 is 1.88 bits per heavy atom. The Morgan fingerprint density at radius 3 is 2.44 bits per heavy atom. The van der Waals surface area contributed by atoms with Crippen molar-refractivity contribution in [2.75, 3.05) is 14.1 Å². The number of benzene rings is 1. The van der Waals surface area contributed by atoms with Crippen molar-refractivity contribution in [3.63, 3.8) is 0 Å². The van der Waals surface area contributed by atoms with Gasteiger partial charge in [0, 0.05) is 27.7 Å². The van der Waals surface area contributed by atoms with Crippen molar-refractivity contribution in [2.45, 2.75) is 31.2 Å². The highest BCUT2D eigenvalue weighted by Gasteiger charge is 2.17. The maximum Gasteiger partial charge on any atom is 0.269 e. The maximum atomic E-state index is 12.3. The quantitative estimate of drug-likeness (QED) is 0.808.